The van der Waals surface area contributed by atoms with Crippen molar-refractivity contribution < 1.29 is 17.2 Å². The Morgan fingerprint density at radius 3 is 2.29 bits per heavy atom. The number of benzene rings is 3. The molecule has 0 amide bonds. The molecule has 2 heterocycles. The minimum absolute atomic E-state index is 0.121. The lowest BCUT2D eigenvalue weighted by Crippen LogP contribution is -2.38. The fourth-order valence-corrected chi connectivity index (χ4v) is 6.60. The van der Waals surface area contributed by atoms with Crippen LogP contribution in [0.2, 0.25) is 0 Å². The van der Waals surface area contributed by atoms with Crippen LogP contribution in [-0.2, 0) is 16.6 Å². The molecule has 0 radical (unpaired) electrons. The summed E-state index contributed by atoms with van der Waals surface area (Å²) in [5.74, 6) is -0.484. The van der Waals surface area contributed by atoms with Gasteiger partial charge in [0.25, 0.3) is 0 Å². The SMILES string of the molecule is Cc1c(C2CCN(S(=O)(=O)c3ccc(F)cc3)CC2)c2ccccc2n1Cc1cccc(F)c1. The summed E-state index contributed by atoms with van der Waals surface area (Å²) in [5.41, 5.74) is 4.37. The molecule has 1 fully saturated rings. The normalized spacial score (nSPS) is 15.7. The third kappa shape index (κ3) is 4.14. The zero-order chi connectivity index (χ0) is 23.9. The van der Waals surface area contributed by atoms with E-state index in [0.717, 1.165) is 22.2 Å². The molecule has 34 heavy (non-hydrogen) atoms. The summed E-state index contributed by atoms with van der Waals surface area (Å²) in [6.07, 6.45) is 1.41. The highest BCUT2D eigenvalue weighted by Gasteiger charge is 2.32. The van der Waals surface area contributed by atoms with Crippen molar-refractivity contribution in [1.29, 1.82) is 0 Å². The van der Waals surface area contributed by atoms with Crippen LogP contribution in [0.25, 0.3) is 10.9 Å². The Balaban J connectivity index is 1.42. The average molecular weight is 481 g/mol. The van der Waals surface area contributed by atoms with Gasteiger partial charge in [0.15, 0.2) is 0 Å². The molecule has 0 bridgehead atoms. The number of aromatic nitrogens is 1. The van der Waals surface area contributed by atoms with E-state index >= 15 is 0 Å². The summed E-state index contributed by atoms with van der Waals surface area (Å²) in [6.45, 7) is 3.48. The Morgan fingerprint density at radius 2 is 1.59 bits per heavy atom. The first-order chi connectivity index (χ1) is 16.3. The van der Waals surface area contributed by atoms with Gasteiger partial charge < -0.3 is 4.57 Å². The molecule has 1 aromatic heterocycles. The minimum atomic E-state index is -3.65. The predicted octanol–water partition coefficient (Wildman–Crippen LogP) is 5.84. The van der Waals surface area contributed by atoms with Crippen molar-refractivity contribution in [3.63, 3.8) is 0 Å². The van der Waals surface area contributed by atoms with Crippen molar-refractivity contribution in [2.45, 2.75) is 37.1 Å². The zero-order valence-corrected chi connectivity index (χ0v) is 19.7. The molecule has 1 saturated heterocycles. The summed E-state index contributed by atoms with van der Waals surface area (Å²) in [5, 5.41) is 1.16. The summed E-state index contributed by atoms with van der Waals surface area (Å²) in [6, 6.07) is 19.9. The van der Waals surface area contributed by atoms with Crippen molar-refractivity contribution in [3.8, 4) is 0 Å². The highest BCUT2D eigenvalue weighted by atomic mass is 32.2. The molecular formula is C27H26F2N2O2S. The van der Waals surface area contributed by atoms with Gasteiger partial charge in [-0.05, 0) is 79.3 Å². The number of halogens is 2. The first kappa shape index (κ1) is 22.7. The summed E-state index contributed by atoms with van der Waals surface area (Å²) >= 11 is 0. The second-order valence-corrected chi connectivity index (χ2v) is 10.8. The van der Waals surface area contributed by atoms with E-state index in [0.29, 0.717) is 32.5 Å². The van der Waals surface area contributed by atoms with Gasteiger partial charge in [0.05, 0.1) is 4.90 Å². The van der Waals surface area contributed by atoms with Gasteiger partial charge in [-0.1, -0.05) is 30.3 Å². The number of para-hydroxylation sites is 1. The fourth-order valence-electron chi connectivity index (χ4n) is 5.14. The first-order valence-corrected chi connectivity index (χ1v) is 12.9. The van der Waals surface area contributed by atoms with Gasteiger partial charge in [-0.25, -0.2) is 17.2 Å². The molecule has 3 aromatic carbocycles. The van der Waals surface area contributed by atoms with Crippen LogP contribution < -0.4 is 0 Å². The maximum Gasteiger partial charge on any atom is 0.243 e. The number of hydrogen-bond acceptors (Lipinski definition) is 2. The monoisotopic (exact) mass is 480 g/mol. The van der Waals surface area contributed by atoms with E-state index in [9.17, 15) is 17.2 Å². The molecule has 0 N–H and O–H groups in total. The number of piperidine rings is 1. The van der Waals surface area contributed by atoms with E-state index < -0.39 is 15.8 Å². The molecule has 0 unspecified atom stereocenters. The maximum atomic E-state index is 13.8. The quantitative estimate of drug-likeness (QED) is 0.360. The molecule has 0 spiro atoms. The molecule has 5 rings (SSSR count). The molecule has 0 atom stereocenters. The van der Waals surface area contributed by atoms with Crippen molar-refractivity contribution in [3.05, 3.63) is 101 Å². The lowest BCUT2D eigenvalue weighted by atomic mass is 9.88. The number of fused-ring (bicyclic) bond motifs is 1. The van der Waals surface area contributed by atoms with Crippen LogP contribution in [-0.4, -0.2) is 30.4 Å². The van der Waals surface area contributed by atoms with Gasteiger partial charge in [-0.3, -0.25) is 0 Å². The van der Waals surface area contributed by atoms with Crippen LogP contribution >= 0.6 is 0 Å². The number of nitrogens with zero attached hydrogens (tertiary/aromatic N) is 2. The standard InChI is InChI=1S/C27H26F2N2O2S/c1-19-27(21-13-15-30(16-14-21)34(32,33)24-11-9-22(28)10-12-24)25-7-2-3-8-26(25)31(19)18-20-5-4-6-23(29)17-20/h2-12,17,21H,13-16,18H2,1H3. The Labute approximate surface area is 198 Å². The van der Waals surface area contributed by atoms with E-state index in [1.54, 1.807) is 12.1 Å². The van der Waals surface area contributed by atoms with Gasteiger partial charge in [0.2, 0.25) is 10.0 Å². The summed E-state index contributed by atoms with van der Waals surface area (Å²) in [7, 11) is -3.65. The van der Waals surface area contributed by atoms with Crippen LogP contribution in [0.1, 0.15) is 35.6 Å². The van der Waals surface area contributed by atoms with E-state index in [4.69, 9.17) is 0 Å². The fraction of sp³-hybridized carbons (Fsp3) is 0.259. The Bertz CT molecular complexity index is 1440. The van der Waals surface area contributed by atoms with Gasteiger partial charge in [0.1, 0.15) is 11.6 Å². The van der Waals surface area contributed by atoms with Crippen LogP contribution in [0.15, 0.2) is 77.7 Å². The number of hydrogen-bond donors (Lipinski definition) is 0. The average Bonchev–Trinajstić information content (AvgIpc) is 3.11. The summed E-state index contributed by atoms with van der Waals surface area (Å²) in [4.78, 5) is 0.121. The predicted molar refractivity (Wildman–Crippen MR) is 129 cm³/mol. The Hall–Kier alpha value is -3.03. The second kappa shape index (κ2) is 8.96. The molecule has 4 nitrogen and oxygen atoms in total. The molecule has 1 aliphatic heterocycles. The highest BCUT2D eigenvalue weighted by Crippen LogP contribution is 2.38. The van der Waals surface area contributed by atoms with Crippen LogP contribution in [0, 0.1) is 18.6 Å². The van der Waals surface area contributed by atoms with Gasteiger partial charge in [-0.2, -0.15) is 4.31 Å². The van der Waals surface area contributed by atoms with Crippen LogP contribution in [0.4, 0.5) is 8.78 Å². The van der Waals surface area contributed by atoms with E-state index in [1.807, 2.05) is 18.2 Å². The topological polar surface area (TPSA) is 42.3 Å². The van der Waals surface area contributed by atoms with E-state index in [-0.39, 0.29) is 16.6 Å². The number of sulfonamides is 1. The molecular weight excluding hydrogens is 454 g/mol. The lowest BCUT2D eigenvalue weighted by molar-refractivity contribution is 0.319. The van der Waals surface area contributed by atoms with Crippen molar-refractivity contribution in [2.75, 3.05) is 13.1 Å². The second-order valence-electron chi connectivity index (χ2n) is 8.86. The van der Waals surface area contributed by atoms with Crippen molar-refractivity contribution in [1.82, 2.24) is 8.87 Å². The van der Waals surface area contributed by atoms with Crippen LogP contribution in [0.5, 0.6) is 0 Å². The van der Waals surface area contributed by atoms with Crippen molar-refractivity contribution >= 4 is 20.9 Å². The Kier molecular flexibility index (Phi) is 6.00. The lowest BCUT2D eigenvalue weighted by Gasteiger charge is -2.31. The molecule has 4 aromatic rings. The third-order valence-electron chi connectivity index (χ3n) is 6.82. The molecule has 176 valence electrons. The zero-order valence-electron chi connectivity index (χ0n) is 18.9. The molecule has 7 heteroatoms. The maximum absolute atomic E-state index is 13.8. The van der Waals surface area contributed by atoms with Gasteiger partial charge in [0, 0.05) is 36.2 Å². The summed E-state index contributed by atoms with van der Waals surface area (Å²) < 4.78 is 56.8. The first-order valence-electron chi connectivity index (χ1n) is 11.4. The van der Waals surface area contributed by atoms with E-state index in [1.165, 1.54) is 40.2 Å². The minimum Gasteiger partial charge on any atom is -0.340 e. The smallest absolute Gasteiger partial charge is 0.243 e. The van der Waals surface area contributed by atoms with E-state index in [2.05, 4.69) is 23.6 Å². The largest absolute Gasteiger partial charge is 0.340 e. The molecule has 1 aliphatic rings. The molecule has 0 aliphatic carbocycles. The van der Waals surface area contributed by atoms with Gasteiger partial charge in [-0.15, -0.1) is 0 Å². The number of rotatable bonds is 5. The Morgan fingerprint density at radius 1 is 0.882 bits per heavy atom. The third-order valence-corrected chi connectivity index (χ3v) is 8.74. The van der Waals surface area contributed by atoms with Crippen LogP contribution in [0.3, 0.4) is 0 Å². The highest BCUT2D eigenvalue weighted by molar-refractivity contribution is 7.89. The molecule has 0 saturated carbocycles. The van der Waals surface area contributed by atoms with Gasteiger partial charge >= 0.3 is 0 Å². The van der Waals surface area contributed by atoms with Crippen molar-refractivity contribution in [2.24, 2.45) is 0 Å².